The van der Waals surface area contributed by atoms with Crippen LogP contribution in [0.15, 0.2) is 60.8 Å². The van der Waals surface area contributed by atoms with Crippen molar-refractivity contribution in [1.29, 1.82) is 0 Å². The summed E-state index contributed by atoms with van der Waals surface area (Å²) in [6.07, 6.45) is 21.2. The molecular weight excluding hydrogens is 813 g/mol. The van der Waals surface area contributed by atoms with E-state index in [9.17, 15) is 15.0 Å². The fourth-order valence-electron chi connectivity index (χ4n) is 1.93. The molecule has 1 radical (unpaired) electrons. The van der Waals surface area contributed by atoms with Crippen molar-refractivity contribution in [3.63, 3.8) is 0 Å². The van der Waals surface area contributed by atoms with Crippen molar-refractivity contribution < 1.29 is 35.4 Å². The first-order valence-electron chi connectivity index (χ1n) is 11.2. The molecule has 0 unspecified atom stereocenters. The Kier molecular flexibility index (Phi) is 41.5. The van der Waals surface area contributed by atoms with Crippen LogP contribution in [0.3, 0.4) is 0 Å². The van der Waals surface area contributed by atoms with Gasteiger partial charge in [0.25, 0.3) is 0 Å². The van der Waals surface area contributed by atoms with Crippen LogP contribution in [0, 0.1) is 5.92 Å². The van der Waals surface area contributed by atoms with E-state index in [2.05, 4.69) is 19.9 Å². The molecule has 5 heteroatoms. The molecule has 177 valence electrons. The second kappa shape index (κ2) is 32.6. The van der Waals surface area contributed by atoms with Crippen molar-refractivity contribution in [2.24, 2.45) is 5.92 Å². The molecule has 0 aromatic rings. The summed E-state index contributed by atoms with van der Waals surface area (Å²) in [4.78, 5) is 10.8. The number of hydrogen-bond donors (Lipinski definition) is 2. The van der Waals surface area contributed by atoms with E-state index < -0.39 is 12.2 Å². The molecule has 0 spiro atoms. The van der Waals surface area contributed by atoms with Crippen molar-refractivity contribution in [1.82, 2.24) is 0 Å². The van der Waals surface area contributed by atoms with E-state index in [1.165, 1.54) is 0 Å². The van der Waals surface area contributed by atoms with Crippen molar-refractivity contribution >= 4 is 5.78 Å². The molecule has 0 rings (SSSR count). The summed E-state index contributed by atoms with van der Waals surface area (Å²) in [6, 6.07) is 0. The van der Waals surface area contributed by atoms with Crippen LogP contribution >= 0.6 is 0 Å². The first kappa shape index (κ1) is 39.4. The molecule has 0 aromatic heterocycles. The summed E-state index contributed by atoms with van der Waals surface area (Å²) < 4.78 is 0. The van der Waals surface area contributed by atoms with Crippen molar-refractivity contribution in [3.05, 3.63) is 60.8 Å². The maximum absolute atomic E-state index is 10.8. The van der Waals surface area contributed by atoms with E-state index in [0.717, 1.165) is 6.42 Å². The predicted molar refractivity (Wildman–Crippen MR) is 129 cm³/mol. The number of rotatable bonds is 13. The van der Waals surface area contributed by atoms with Crippen LogP contribution in [0.4, 0.5) is 0 Å². The number of ketones is 1. The number of aliphatic hydroxyl groups is 2. The predicted octanol–water partition coefficient (Wildman–Crippen LogP) is 6.73. The van der Waals surface area contributed by atoms with Gasteiger partial charge in [-0.2, -0.15) is 0 Å². The van der Waals surface area contributed by atoms with Gasteiger partial charge in [-0.25, -0.2) is 0 Å². The smallest absolute Gasteiger partial charge is 0.129 e. The monoisotopic (exact) mass is 860 g/mol. The zero-order chi connectivity index (χ0) is 22.9. The SMILES string of the molecule is CC.CC.CC[C@@H](C)/C=C/C=C\C[C@@H](O)/C=C/C=C/C=C\[C@@H](O)CCCC(C)=O.[Re].[Rf]. The molecule has 0 aliphatic heterocycles. The number of aliphatic hydroxyl groups excluding tert-OH is 2. The molecule has 0 saturated heterocycles. The molecule has 0 aromatic carbocycles. The Morgan fingerprint density at radius 1 is 0.839 bits per heavy atom. The van der Waals surface area contributed by atoms with Crippen LogP contribution in [0.1, 0.15) is 80.6 Å². The van der Waals surface area contributed by atoms with Crippen molar-refractivity contribution in [2.45, 2.75) is 92.8 Å². The Labute approximate surface area is 200 Å². The van der Waals surface area contributed by atoms with E-state index >= 15 is 0 Å². The van der Waals surface area contributed by atoms with Crippen LogP contribution < -0.4 is 0 Å². The van der Waals surface area contributed by atoms with Gasteiger partial charge in [0, 0.05) is 26.8 Å². The first-order valence-corrected chi connectivity index (χ1v) is 11.2. The molecule has 3 nitrogen and oxygen atoms in total. The number of hydrogen-bond acceptors (Lipinski definition) is 3. The fraction of sp³-hybridized carbons (Fsp3) is 0.577. The standard InChI is InChI=1S/C22H34O3.2C2H6.Re.Rf/c1-4-19(2)13-8-7-11-17-21(24)15-9-5-6-10-16-22(25)18-12-14-20(3)23;2*1-2;;/h5-11,13,15-16,19,21-22,24-25H,4,12,14,17-18H2,1-3H3;2*1-2H3;;/b6-5+,11-7-,13-8+,15-9+,16-10-;;;;/t19-,21+,22-;;;;/m1..../s1. The molecule has 0 aliphatic carbocycles. The average Bonchev–Trinajstić information content (AvgIpc) is 2.72. The fourth-order valence-corrected chi connectivity index (χ4v) is 1.93. The van der Waals surface area contributed by atoms with Gasteiger partial charge >= 0.3 is 0 Å². The van der Waals surface area contributed by atoms with E-state index in [1.807, 2.05) is 58.1 Å². The van der Waals surface area contributed by atoms with Gasteiger partial charge in [0.2, 0.25) is 0 Å². The van der Waals surface area contributed by atoms with Gasteiger partial charge in [-0.1, -0.05) is 109 Å². The second-order valence-corrected chi connectivity index (χ2v) is 6.32. The molecule has 31 heavy (non-hydrogen) atoms. The van der Waals surface area contributed by atoms with Gasteiger partial charge in [0.1, 0.15) is 5.78 Å². The maximum Gasteiger partial charge on any atom is 0.129 e. The summed E-state index contributed by atoms with van der Waals surface area (Å²) in [5, 5.41) is 19.5. The maximum atomic E-state index is 10.8. The second-order valence-electron chi connectivity index (χ2n) is 6.32. The molecule has 0 amide bonds. The first-order chi connectivity index (χ1) is 14.0. The van der Waals surface area contributed by atoms with E-state index in [0.29, 0.717) is 31.6 Å². The summed E-state index contributed by atoms with van der Waals surface area (Å²) in [7, 11) is 0. The topological polar surface area (TPSA) is 57.5 Å². The Bertz CT molecular complexity index is 497. The molecule has 0 aliphatic rings. The molecule has 0 fully saturated rings. The Morgan fingerprint density at radius 2 is 1.32 bits per heavy atom. The van der Waals surface area contributed by atoms with Crippen LogP contribution in [0.25, 0.3) is 0 Å². The largest absolute Gasteiger partial charge is 0.389 e. The van der Waals surface area contributed by atoms with Crippen molar-refractivity contribution in [3.8, 4) is 0 Å². The third-order valence-electron chi connectivity index (χ3n) is 3.74. The Hall–Kier alpha value is -2.05. The van der Waals surface area contributed by atoms with Gasteiger partial charge in [0.15, 0.2) is 0 Å². The van der Waals surface area contributed by atoms with Gasteiger partial charge < -0.3 is 15.0 Å². The van der Waals surface area contributed by atoms with Crippen LogP contribution in [-0.2, 0) is 25.2 Å². The van der Waals surface area contributed by atoms with Gasteiger partial charge in [-0.3, -0.25) is 0 Å². The number of allylic oxidation sites excluding steroid dienone is 7. The Balaban J connectivity index is -0.000000353. The summed E-state index contributed by atoms with van der Waals surface area (Å²) >= 11 is 0. The van der Waals surface area contributed by atoms with Crippen LogP contribution in [-0.4, -0.2) is 28.2 Å². The van der Waals surface area contributed by atoms with Crippen molar-refractivity contribution in [2.75, 3.05) is 0 Å². The average molecular weight is 860 g/mol. The number of Topliss-reactive ketones (excluding diaryl/α,β-unsaturated/α-hetero) is 1. The molecule has 0 bridgehead atoms. The molecule has 2 N–H and O–H groups in total. The van der Waals surface area contributed by atoms with Gasteiger partial charge in [-0.05, 0) is 32.1 Å². The molecule has 0 saturated carbocycles. The molecule has 3 atom stereocenters. The number of carbonyl (C=O) groups excluding carboxylic acids is 1. The Morgan fingerprint density at radius 3 is 1.81 bits per heavy atom. The third-order valence-corrected chi connectivity index (χ3v) is 3.74. The molecular formula is C26H46O3ReRf. The summed E-state index contributed by atoms with van der Waals surface area (Å²) in [6.45, 7) is 13.9. The van der Waals surface area contributed by atoms with Crippen LogP contribution in [0.5, 0.6) is 0 Å². The quantitative estimate of drug-likeness (QED) is 0.202. The minimum atomic E-state index is -0.521. The molecule has 0 heterocycles. The zero-order valence-corrected chi connectivity index (χ0v) is 30.0. The summed E-state index contributed by atoms with van der Waals surface area (Å²) in [5.74, 6) is 0.737. The minimum absolute atomic E-state index is 0. The van der Waals surface area contributed by atoms with E-state index in [1.54, 1.807) is 31.2 Å². The van der Waals surface area contributed by atoms with E-state index in [4.69, 9.17) is 0 Å². The zero-order valence-electron chi connectivity index (χ0n) is 20.9. The number of carbonyl (C=O) groups is 1. The summed E-state index contributed by atoms with van der Waals surface area (Å²) in [5.41, 5.74) is 0. The van der Waals surface area contributed by atoms with E-state index in [-0.39, 0.29) is 26.2 Å². The minimum Gasteiger partial charge on any atom is -0.389 e. The van der Waals surface area contributed by atoms with Crippen LogP contribution in [0.2, 0.25) is 0 Å². The van der Waals surface area contributed by atoms with Gasteiger partial charge in [-0.15, -0.1) is 0 Å². The van der Waals surface area contributed by atoms with Gasteiger partial charge in [0.05, 0.1) is 12.2 Å². The third kappa shape index (κ3) is 35.7. The normalized spacial score (nSPS) is 13.8.